The summed E-state index contributed by atoms with van der Waals surface area (Å²) in [6.45, 7) is 0.221. The maximum Gasteiger partial charge on any atom is 0.383 e. The number of carbonyl (C=O) groups excluding carboxylic acids is 1. The molecule has 0 unspecified atom stereocenters. The van der Waals surface area contributed by atoms with Gasteiger partial charge in [-0.25, -0.2) is 8.78 Å². The third kappa shape index (κ3) is 3.91. The molecule has 0 aromatic heterocycles. The molecule has 0 aliphatic rings. The summed E-state index contributed by atoms with van der Waals surface area (Å²) in [6, 6.07) is 0. The van der Waals surface area contributed by atoms with Gasteiger partial charge in [0, 0.05) is 13.1 Å². The van der Waals surface area contributed by atoms with Crippen LogP contribution in [0.1, 0.15) is 0 Å². The number of hydrogen-bond acceptors (Lipinski definition) is 2. The second-order valence-electron chi connectivity index (χ2n) is 2.98. The summed E-state index contributed by atoms with van der Waals surface area (Å²) < 4.78 is 47.8. The van der Waals surface area contributed by atoms with E-state index >= 15 is 0 Å². The minimum absolute atomic E-state index is 0.0891. The van der Waals surface area contributed by atoms with Crippen molar-refractivity contribution in [1.29, 1.82) is 0 Å². The standard InChI is InChI=1S/C7H12F4N2O/c1-13(2)4-3-12-6(14)7(10,11)5(8)9/h5H,3-4H2,1-2H3,(H,12,14). The van der Waals surface area contributed by atoms with Crippen LogP contribution >= 0.6 is 0 Å². The van der Waals surface area contributed by atoms with Gasteiger partial charge in [0.25, 0.3) is 5.91 Å². The van der Waals surface area contributed by atoms with E-state index in [4.69, 9.17) is 0 Å². The van der Waals surface area contributed by atoms with Crippen molar-refractivity contribution >= 4 is 5.91 Å². The van der Waals surface area contributed by atoms with Crippen LogP contribution in [0.15, 0.2) is 0 Å². The molecule has 14 heavy (non-hydrogen) atoms. The predicted octanol–water partition coefficient (Wildman–Crippen LogP) is 0.565. The number of rotatable bonds is 5. The molecule has 0 saturated carbocycles. The van der Waals surface area contributed by atoms with Crippen molar-refractivity contribution in [2.45, 2.75) is 12.3 Å². The van der Waals surface area contributed by atoms with E-state index in [1.807, 2.05) is 0 Å². The molecule has 0 aliphatic carbocycles. The van der Waals surface area contributed by atoms with E-state index in [2.05, 4.69) is 0 Å². The molecule has 7 heteroatoms. The van der Waals surface area contributed by atoms with Crippen molar-refractivity contribution in [1.82, 2.24) is 10.2 Å². The molecule has 1 amide bonds. The van der Waals surface area contributed by atoms with Gasteiger partial charge in [-0.3, -0.25) is 4.79 Å². The number of alkyl halides is 4. The molecule has 0 bridgehead atoms. The molecular weight excluding hydrogens is 204 g/mol. The summed E-state index contributed by atoms with van der Waals surface area (Å²) in [5, 5.41) is 1.72. The molecule has 0 heterocycles. The number of nitrogens with zero attached hydrogens (tertiary/aromatic N) is 1. The van der Waals surface area contributed by atoms with E-state index in [1.165, 1.54) is 0 Å². The van der Waals surface area contributed by atoms with Crippen LogP contribution in [0.5, 0.6) is 0 Å². The number of nitrogens with one attached hydrogen (secondary N) is 1. The van der Waals surface area contributed by atoms with Gasteiger partial charge in [0.1, 0.15) is 0 Å². The molecule has 0 rings (SSSR count). The first-order valence-corrected chi connectivity index (χ1v) is 3.87. The van der Waals surface area contributed by atoms with Crippen molar-refractivity contribution in [3.63, 3.8) is 0 Å². The van der Waals surface area contributed by atoms with Crippen molar-refractivity contribution in [2.24, 2.45) is 0 Å². The van der Waals surface area contributed by atoms with Crippen LogP contribution < -0.4 is 5.32 Å². The summed E-state index contributed by atoms with van der Waals surface area (Å²) >= 11 is 0. The molecule has 0 atom stereocenters. The number of halogens is 4. The fourth-order valence-electron chi connectivity index (χ4n) is 0.610. The average molecular weight is 216 g/mol. The van der Waals surface area contributed by atoms with Gasteiger partial charge >= 0.3 is 12.3 Å². The number of hydrogen-bond donors (Lipinski definition) is 1. The minimum Gasteiger partial charge on any atom is -0.349 e. The summed E-state index contributed by atoms with van der Waals surface area (Å²) in [4.78, 5) is 12.2. The molecule has 84 valence electrons. The lowest BCUT2D eigenvalue weighted by Gasteiger charge is -2.16. The highest BCUT2D eigenvalue weighted by atomic mass is 19.3. The lowest BCUT2D eigenvalue weighted by molar-refractivity contribution is -0.169. The topological polar surface area (TPSA) is 32.3 Å². The molecule has 0 aliphatic heterocycles. The van der Waals surface area contributed by atoms with Gasteiger partial charge in [-0.2, -0.15) is 8.78 Å². The van der Waals surface area contributed by atoms with Gasteiger partial charge < -0.3 is 10.2 Å². The Labute approximate surface area is 79.1 Å². The largest absolute Gasteiger partial charge is 0.383 e. The highest BCUT2D eigenvalue weighted by Gasteiger charge is 2.48. The first-order chi connectivity index (χ1) is 6.28. The fraction of sp³-hybridized carbons (Fsp3) is 0.857. The average Bonchev–Trinajstić information content (AvgIpc) is 2.02. The van der Waals surface area contributed by atoms with Crippen molar-refractivity contribution < 1.29 is 22.4 Å². The van der Waals surface area contributed by atoms with E-state index < -0.39 is 18.3 Å². The molecule has 0 aromatic carbocycles. The fourth-order valence-corrected chi connectivity index (χ4v) is 0.610. The summed E-state index contributed by atoms with van der Waals surface area (Å²) in [5.74, 6) is -6.54. The Kier molecular flexibility index (Phi) is 4.82. The first-order valence-electron chi connectivity index (χ1n) is 3.87. The van der Waals surface area contributed by atoms with E-state index in [-0.39, 0.29) is 6.54 Å². The van der Waals surface area contributed by atoms with Crippen LogP contribution in [-0.4, -0.2) is 50.3 Å². The molecule has 1 N–H and O–H groups in total. The van der Waals surface area contributed by atoms with Crippen LogP contribution in [0.25, 0.3) is 0 Å². The zero-order chi connectivity index (χ0) is 11.4. The molecule has 0 aromatic rings. The SMILES string of the molecule is CN(C)CCNC(=O)C(F)(F)C(F)F. The lowest BCUT2D eigenvalue weighted by atomic mass is 10.3. The normalized spacial score (nSPS) is 12.3. The van der Waals surface area contributed by atoms with Crippen molar-refractivity contribution in [2.75, 3.05) is 27.2 Å². The molecule has 0 saturated heterocycles. The third-order valence-corrected chi connectivity index (χ3v) is 1.42. The third-order valence-electron chi connectivity index (χ3n) is 1.42. The Hall–Kier alpha value is -0.850. The Morgan fingerprint density at radius 1 is 1.43 bits per heavy atom. The van der Waals surface area contributed by atoms with Crippen LogP contribution in [0.4, 0.5) is 17.6 Å². The molecule has 3 nitrogen and oxygen atoms in total. The minimum atomic E-state index is -4.60. The molecule has 0 radical (unpaired) electrons. The van der Waals surface area contributed by atoms with Crippen molar-refractivity contribution in [3.05, 3.63) is 0 Å². The van der Waals surface area contributed by atoms with Gasteiger partial charge in [-0.1, -0.05) is 0 Å². The molecule has 0 fully saturated rings. The summed E-state index contributed by atoms with van der Waals surface area (Å²) in [7, 11) is 3.33. The summed E-state index contributed by atoms with van der Waals surface area (Å²) in [6.07, 6.45) is -3.97. The zero-order valence-electron chi connectivity index (χ0n) is 7.86. The van der Waals surface area contributed by atoms with Crippen LogP contribution in [0.2, 0.25) is 0 Å². The number of amides is 1. The van der Waals surface area contributed by atoms with E-state index in [9.17, 15) is 22.4 Å². The smallest absolute Gasteiger partial charge is 0.349 e. The van der Waals surface area contributed by atoms with Gasteiger partial charge in [0.15, 0.2) is 0 Å². The van der Waals surface area contributed by atoms with Crippen molar-refractivity contribution in [3.8, 4) is 0 Å². The molecule has 0 spiro atoms. The van der Waals surface area contributed by atoms with E-state index in [0.717, 1.165) is 0 Å². The Morgan fingerprint density at radius 3 is 2.29 bits per heavy atom. The van der Waals surface area contributed by atoms with Gasteiger partial charge in [-0.15, -0.1) is 0 Å². The van der Waals surface area contributed by atoms with Crippen LogP contribution in [0, 0.1) is 0 Å². The monoisotopic (exact) mass is 216 g/mol. The maximum absolute atomic E-state index is 12.3. The van der Waals surface area contributed by atoms with Gasteiger partial charge in [0.05, 0.1) is 0 Å². The number of likely N-dealkylation sites (N-methyl/N-ethyl adjacent to an activating group) is 1. The van der Waals surface area contributed by atoms with Crippen LogP contribution in [-0.2, 0) is 4.79 Å². The van der Waals surface area contributed by atoms with Crippen LogP contribution in [0.3, 0.4) is 0 Å². The molecular formula is C7H12F4N2O. The van der Waals surface area contributed by atoms with E-state index in [0.29, 0.717) is 6.54 Å². The quantitative estimate of drug-likeness (QED) is 0.681. The Morgan fingerprint density at radius 2 is 1.93 bits per heavy atom. The Bertz CT molecular complexity index is 196. The van der Waals surface area contributed by atoms with Gasteiger partial charge in [-0.05, 0) is 14.1 Å². The second kappa shape index (κ2) is 5.14. The predicted molar refractivity (Wildman–Crippen MR) is 42.5 cm³/mol. The van der Waals surface area contributed by atoms with Gasteiger partial charge in [0.2, 0.25) is 0 Å². The Balaban J connectivity index is 3.96. The highest BCUT2D eigenvalue weighted by molar-refractivity contribution is 5.83. The lowest BCUT2D eigenvalue weighted by Crippen LogP contribution is -2.46. The zero-order valence-corrected chi connectivity index (χ0v) is 7.86. The van der Waals surface area contributed by atoms with E-state index in [1.54, 1.807) is 24.3 Å². The summed E-state index contributed by atoms with van der Waals surface area (Å²) in [5.41, 5.74) is 0. The maximum atomic E-state index is 12.3. The second-order valence-corrected chi connectivity index (χ2v) is 2.98. The highest BCUT2D eigenvalue weighted by Crippen LogP contribution is 2.22. The first kappa shape index (κ1) is 13.2. The number of carbonyl (C=O) groups is 1.